The number of carbonyl (C=O) groups excluding carboxylic acids is 1. The predicted octanol–water partition coefficient (Wildman–Crippen LogP) is 4.68. The van der Waals surface area contributed by atoms with Gasteiger partial charge in [-0.2, -0.15) is 0 Å². The quantitative estimate of drug-likeness (QED) is 0.516. The third kappa shape index (κ3) is 5.75. The van der Waals surface area contributed by atoms with E-state index in [1.165, 1.54) is 5.56 Å². The first-order valence-electron chi connectivity index (χ1n) is 11.4. The van der Waals surface area contributed by atoms with Crippen LogP contribution in [0.15, 0.2) is 53.3 Å². The standard InChI is InChI=1S/C26H31N3O3/c1-19-25(20(2)32-28-19)7-8-26(30)29-15-11-22(12-16-29)17-21-3-5-23(6-4-21)18-31-24-9-13-27-14-10-24/h3-6,9-10,13-14,22H,7-8,11-12,15-18H2,1-2H3. The largest absolute Gasteiger partial charge is 0.489 e. The van der Waals surface area contributed by atoms with Crippen molar-refractivity contribution in [1.29, 1.82) is 0 Å². The van der Waals surface area contributed by atoms with Gasteiger partial charge < -0.3 is 14.2 Å². The van der Waals surface area contributed by atoms with Gasteiger partial charge in [-0.05, 0) is 68.7 Å². The lowest BCUT2D eigenvalue weighted by atomic mass is 9.89. The van der Waals surface area contributed by atoms with Gasteiger partial charge in [-0.15, -0.1) is 0 Å². The number of piperidine rings is 1. The van der Waals surface area contributed by atoms with Gasteiger partial charge in [0.1, 0.15) is 18.1 Å². The van der Waals surface area contributed by atoms with Gasteiger partial charge in [-0.3, -0.25) is 9.78 Å². The van der Waals surface area contributed by atoms with Crippen LogP contribution >= 0.6 is 0 Å². The molecule has 32 heavy (non-hydrogen) atoms. The van der Waals surface area contributed by atoms with Crippen LogP contribution in [0.3, 0.4) is 0 Å². The van der Waals surface area contributed by atoms with E-state index in [1.807, 2.05) is 30.9 Å². The molecule has 6 nitrogen and oxygen atoms in total. The molecule has 168 valence electrons. The van der Waals surface area contributed by atoms with E-state index < -0.39 is 0 Å². The zero-order valence-corrected chi connectivity index (χ0v) is 18.9. The summed E-state index contributed by atoms with van der Waals surface area (Å²) in [7, 11) is 0. The first kappa shape index (κ1) is 22.1. The zero-order chi connectivity index (χ0) is 22.3. The predicted molar refractivity (Wildman–Crippen MR) is 122 cm³/mol. The van der Waals surface area contributed by atoms with E-state index in [0.717, 1.165) is 60.7 Å². The van der Waals surface area contributed by atoms with Gasteiger partial charge in [0.25, 0.3) is 0 Å². The molecule has 3 aromatic rings. The minimum Gasteiger partial charge on any atom is -0.489 e. The van der Waals surface area contributed by atoms with Crippen LogP contribution in [0.2, 0.25) is 0 Å². The third-order valence-electron chi connectivity index (χ3n) is 6.34. The Bertz CT molecular complexity index is 987. The molecule has 0 N–H and O–H groups in total. The van der Waals surface area contributed by atoms with Crippen molar-refractivity contribution in [2.75, 3.05) is 13.1 Å². The molecule has 1 saturated heterocycles. The topological polar surface area (TPSA) is 68.5 Å². The van der Waals surface area contributed by atoms with Gasteiger partial charge in [0.2, 0.25) is 5.91 Å². The number of ether oxygens (including phenoxy) is 1. The molecule has 0 radical (unpaired) electrons. The molecule has 0 aliphatic carbocycles. The molecule has 1 aliphatic rings. The molecule has 1 fully saturated rings. The van der Waals surface area contributed by atoms with Gasteiger partial charge >= 0.3 is 0 Å². The summed E-state index contributed by atoms with van der Waals surface area (Å²) in [6.07, 6.45) is 7.88. The lowest BCUT2D eigenvalue weighted by molar-refractivity contribution is -0.132. The van der Waals surface area contributed by atoms with Crippen LogP contribution in [0.4, 0.5) is 0 Å². The highest BCUT2D eigenvalue weighted by Gasteiger charge is 2.23. The second-order valence-corrected chi connectivity index (χ2v) is 8.62. The van der Waals surface area contributed by atoms with E-state index >= 15 is 0 Å². The highest BCUT2D eigenvalue weighted by atomic mass is 16.5. The van der Waals surface area contributed by atoms with Crippen molar-refractivity contribution in [3.8, 4) is 5.75 Å². The average molecular weight is 434 g/mol. The molecule has 4 rings (SSSR count). The van der Waals surface area contributed by atoms with Crippen LogP contribution in [0, 0.1) is 19.8 Å². The fourth-order valence-corrected chi connectivity index (χ4v) is 4.34. The molecule has 1 aromatic carbocycles. The number of aromatic nitrogens is 2. The summed E-state index contributed by atoms with van der Waals surface area (Å²) >= 11 is 0. The number of amides is 1. The van der Waals surface area contributed by atoms with Crippen molar-refractivity contribution in [2.45, 2.75) is 52.6 Å². The van der Waals surface area contributed by atoms with Gasteiger partial charge in [-0.25, -0.2) is 0 Å². The summed E-state index contributed by atoms with van der Waals surface area (Å²) < 4.78 is 11.0. The van der Waals surface area contributed by atoms with Gasteiger partial charge in [0.15, 0.2) is 0 Å². The van der Waals surface area contributed by atoms with E-state index in [9.17, 15) is 4.79 Å². The maximum atomic E-state index is 12.6. The number of rotatable bonds is 8. The highest BCUT2D eigenvalue weighted by Crippen LogP contribution is 2.23. The van der Waals surface area contributed by atoms with E-state index in [1.54, 1.807) is 12.4 Å². The summed E-state index contributed by atoms with van der Waals surface area (Å²) in [6.45, 7) is 6.10. The van der Waals surface area contributed by atoms with Gasteiger partial charge in [-0.1, -0.05) is 29.4 Å². The molecule has 0 unspecified atom stereocenters. The minimum absolute atomic E-state index is 0.238. The number of likely N-dealkylation sites (tertiary alicyclic amines) is 1. The summed E-state index contributed by atoms with van der Waals surface area (Å²) in [5, 5.41) is 3.98. The van der Waals surface area contributed by atoms with E-state index in [2.05, 4.69) is 34.4 Å². The number of aryl methyl sites for hydroxylation is 2. The Morgan fingerprint density at radius 3 is 2.41 bits per heavy atom. The molecule has 2 aromatic heterocycles. The molecule has 1 amide bonds. The van der Waals surface area contributed by atoms with Crippen LogP contribution in [-0.4, -0.2) is 34.0 Å². The third-order valence-corrected chi connectivity index (χ3v) is 6.34. The number of pyridine rings is 1. The maximum Gasteiger partial charge on any atom is 0.222 e. The van der Waals surface area contributed by atoms with Crippen molar-refractivity contribution < 1.29 is 14.1 Å². The Hall–Kier alpha value is -3.15. The fraction of sp³-hybridized carbons (Fsp3) is 0.423. The van der Waals surface area contributed by atoms with Crippen molar-refractivity contribution in [3.05, 3.63) is 76.9 Å². The Labute approximate surface area is 189 Å². The molecule has 0 bridgehead atoms. The monoisotopic (exact) mass is 433 g/mol. The normalized spacial score (nSPS) is 14.5. The van der Waals surface area contributed by atoms with Crippen molar-refractivity contribution in [2.24, 2.45) is 5.92 Å². The minimum atomic E-state index is 0.238. The summed E-state index contributed by atoms with van der Waals surface area (Å²) in [4.78, 5) is 18.7. The SMILES string of the molecule is Cc1noc(C)c1CCC(=O)N1CCC(Cc2ccc(COc3ccncc3)cc2)CC1. The summed E-state index contributed by atoms with van der Waals surface area (Å²) in [6, 6.07) is 12.4. The highest BCUT2D eigenvalue weighted by molar-refractivity contribution is 5.76. The van der Waals surface area contributed by atoms with E-state index in [4.69, 9.17) is 9.26 Å². The van der Waals surface area contributed by atoms with Crippen LogP contribution < -0.4 is 4.74 Å². The van der Waals surface area contributed by atoms with Crippen LogP contribution in [0.5, 0.6) is 5.75 Å². The molecule has 3 heterocycles. The first-order chi connectivity index (χ1) is 15.6. The Balaban J connectivity index is 1.19. The lowest BCUT2D eigenvalue weighted by Crippen LogP contribution is -2.39. The Kier molecular flexibility index (Phi) is 7.20. The maximum absolute atomic E-state index is 12.6. The average Bonchev–Trinajstić information content (AvgIpc) is 3.15. The van der Waals surface area contributed by atoms with Crippen LogP contribution in [0.1, 0.15) is 47.4 Å². The summed E-state index contributed by atoms with van der Waals surface area (Å²) in [5.41, 5.74) is 4.47. The molecule has 0 saturated carbocycles. The molecule has 0 spiro atoms. The number of hydrogen-bond donors (Lipinski definition) is 0. The smallest absolute Gasteiger partial charge is 0.222 e. The second kappa shape index (κ2) is 10.4. The van der Waals surface area contributed by atoms with Crippen molar-refractivity contribution in [1.82, 2.24) is 15.0 Å². The van der Waals surface area contributed by atoms with Crippen LogP contribution in [-0.2, 0) is 24.2 Å². The van der Waals surface area contributed by atoms with Gasteiger partial charge in [0, 0.05) is 37.5 Å². The first-order valence-corrected chi connectivity index (χ1v) is 11.4. The second-order valence-electron chi connectivity index (χ2n) is 8.62. The van der Waals surface area contributed by atoms with Gasteiger partial charge in [0.05, 0.1) is 5.69 Å². The number of benzene rings is 1. The van der Waals surface area contributed by atoms with Crippen LogP contribution in [0.25, 0.3) is 0 Å². The van der Waals surface area contributed by atoms with Crippen molar-refractivity contribution in [3.63, 3.8) is 0 Å². The fourth-order valence-electron chi connectivity index (χ4n) is 4.34. The Morgan fingerprint density at radius 1 is 1.06 bits per heavy atom. The van der Waals surface area contributed by atoms with E-state index in [-0.39, 0.29) is 5.91 Å². The number of nitrogens with zero attached hydrogens (tertiary/aromatic N) is 3. The lowest BCUT2D eigenvalue weighted by Gasteiger charge is -2.32. The Morgan fingerprint density at radius 2 is 1.75 bits per heavy atom. The number of hydrogen-bond acceptors (Lipinski definition) is 5. The van der Waals surface area contributed by atoms with Crippen molar-refractivity contribution >= 4 is 5.91 Å². The molecule has 6 heteroatoms. The zero-order valence-electron chi connectivity index (χ0n) is 18.9. The molecule has 0 atom stereocenters. The van der Waals surface area contributed by atoms with E-state index in [0.29, 0.717) is 25.4 Å². The molecular weight excluding hydrogens is 402 g/mol. The number of carbonyl (C=O) groups is 1. The molecule has 1 aliphatic heterocycles. The summed E-state index contributed by atoms with van der Waals surface area (Å²) in [5.74, 6) is 2.52. The molecular formula is C26H31N3O3.